The van der Waals surface area contributed by atoms with E-state index >= 15 is 0 Å². The van der Waals surface area contributed by atoms with E-state index in [9.17, 15) is 4.79 Å². The molecule has 0 aliphatic rings. The summed E-state index contributed by atoms with van der Waals surface area (Å²) in [4.78, 5) is 11.2. The molecule has 0 spiro atoms. The molecule has 0 atom stereocenters. The van der Waals surface area contributed by atoms with Gasteiger partial charge in [0.05, 0.1) is 19.3 Å². The Morgan fingerprint density at radius 3 is 2.77 bits per heavy atom. The molecule has 0 aliphatic carbocycles. The molecule has 0 unspecified atom stereocenters. The van der Waals surface area contributed by atoms with E-state index in [0.29, 0.717) is 5.69 Å². The van der Waals surface area contributed by atoms with Crippen molar-refractivity contribution in [2.45, 2.75) is 6.04 Å². The van der Waals surface area contributed by atoms with E-state index in [1.807, 2.05) is 0 Å². The van der Waals surface area contributed by atoms with E-state index in [0.717, 1.165) is 0 Å². The van der Waals surface area contributed by atoms with Crippen molar-refractivity contribution < 1.29 is 15.0 Å². The van der Waals surface area contributed by atoms with Gasteiger partial charge >= 0.3 is 0 Å². The first kappa shape index (κ1) is 9.69. The van der Waals surface area contributed by atoms with Gasteiger partial charge in [0.25, 0.3) is 5.91 Å². The largest absolute Gasteiger partial charge is 0.394 e. The van der Waals surface area contributed by atoms with E-state index in [4.69, 9.17) is 10.2 Å². The van der Waals surface area contributed by atoms with E-state index in [1.54, 1.807) is 0 Å². The van der Waals surface area contributed by atoms with Gasteiger partial charge in [-0.05, 0) is 6.07 Å². The predicted molar refractivity (Wildman–Crippen MR) is 44.0 cm³/mol. The van der Waals surface area contributed by atoms with Gasteiger partial charge in [-0.25, -0.2) is 0 Å². The standard InChI is InChI=1S/C7H11N3O3/c11-3-5(4-12)9-7(13)6-1-2-8-10-6/h1-2,5,11-12H,3-4H2,(H,8,10)(H,9,13). The second-order valence-electron chi connectivity index (χ2n) is 2.51. The topological polar surface area (TPSA) is 98.2 Å². The molecule has 1 aromatic rings. The first-order chi connectivity index (χ1) is 6.27. The highest BCUT2D eigenvalue weighted by atomic mass is 16.3. The number of H-pyrrole nitrogens is 1. The minimum absolute atomic E-state index is 0.295. The smallest absolute Gasteiger partial charge is 0.269 e. The molecule has 6 heteroatoms. The average molecular weight is 185 g/mol. The van der Waals surface area contributed by atoms with Gasteiger partial charge < -0.3 is 15.5 Å². The maximum absolute atomic E-state index is 11.2. The molecule has 6 nitrogen and oxygen atoms in total. The van der Waals surface area contributed by atoms with Gasteiger partial charge in [-0.2, -0.15) is 5.10 Å². The average Bonchev–Trinajstić information content (AvgIpc) is 2.66. The third kappa shape index (κ3) is 2.53. The van der Waals surface area contributed by atoms with Crippen molar-refractivity contribution in [1.82, 2.24) is 15.5 Å². The number of aliphatic hydroxyl groups is 2. The number of aromatic nitrogens is 2. The summed E-state index contributed by atoms with van der Waals surface area (Å²) in [6.45, 7) is -0.591. The Hall–Kier alpha value is -1.40. The van der Waals surface area contributed by atoms with Gasteiger partial charge in [0.1, 0.15) is 5.69 Å². The molecule has 0 fully saturated rings. The van der Waals surface area contributed by atoms with Crippen LogP contribution in [-0.2, 0) is 0 Å². The van der Waals surface area contributed by atoms with Crippen molar-refractivity contribution in [3.8, 4) is 0 Å². The van der Waals surface area contributed by atoms with E-state index in [1.165, 1.54) is 12.3 Å². The number of nitrogens with one attached hydrogen (secondary N) is 2. The third-order valence-electron chi connectivity index (χ3n) is 1.52. The maximum Gasteiger partial charge on any atom is 0.269 e. The first-order valence-corrected chi connectivity index (χ1v) is 3.80. The minimum atomic E-state index is -0.629. The Kier molecular flexibility index (Phi) is 3.41. The normalized spacial score (nSPS) is 10.4. The lowest BCUT2D eigenvalue weighted by Gasteiger charge is -2.11. The molecule has 0 saturated carbocycles. The fourth-order valence-electron chi connectivity index (χ4n) is 0.795. The fourth-order valence-corrected chi connectivity index (χ4v) is 0.795. The molecule has 0 saturated heterocycles. The molecular weight excluding hydrogens is 174 g/mol. The number of amides is 1. The lowest BCUT2D eigenvalue weighted by molar-refractivity contribution is 0.0874. The minimum Gasteiger partial charge on any atom is -0.394 e. The number of rotatable bonds is 4. The molecule has 13 heavy (non-hydrogen) atoms. The molecule has 1 heterocycles. The zero-order chi connectivity index (χ0) is 9.68. The number of hydrogen-bond acceptors (Lipinski definition) is 4. The Morgan fingerprint density at radius 1 is 1.62 bits per heavy atom. The number of hydrogen-bond donors (Lipinski definition) is 4. The van der Waals surface area contributed by atoms with Crippen LogP contribution in [-0.4, -0.2) is 45.6 Å². The number of aromatic amines is 1. The maximum atomic E-state index is 11.2. The molecule has 1 aromatic heterocycles. The van der Waals surface area contributed by atoms with Crippen molar-refractivity contribution in [2.75, 3.05) is 13.2 Å². The summed E-state index contributed by atoms with van der Waals surface area (Å²) in [5.41, 5.74) is 0.298. The zero-order valence-corrected chi connectivity index (χ0v) is 6.90. The van der Waals surface area contributed by atoms with Gasteiger partial charge in [-0.15, -0.1) is 0 Å². The molecule has 72 valence electrons. The van der Waals surface area contributed by atoms with Crippen molar-refractivity contribution in [1.29, 1.82) is 0 Å². The molecule has 1 rings (SSSR count). The highest BCUT2D eigenvalue weighted by Gasteiger charge is 2.12. The van der Waals surface area contributed by atoms with Crippen LogP contribution in [0.15, 0.2) is 12.3 Å². The van der Waals surface area contributed by atoms with Crippen LogP contribution in [0.2, 0.25) is 0 Å². The molecule has 0 aliphatic heterocycles. The number of carbonyl (C=O) groups excluding carboxylic acids is 1. The third-order valence-corrected chi connectivity index (χ3v) is 1.52. The lowest BCUT2D eigenvalue weighted by atomic mass is 10.3. The summed E-state index contributed by atoms with van der Waals surface area (Å²) in [6.07, 6.45) is 1.45. The quantitative estimate of drug-likeness (QED) is 0.458. The Morgan fingerprint density at radius 2 is 2.31 bits per heavy atom. The van der Waals surface area contributed by atoms with Crippen LogP contribution in [0.1, 0.15) is 10.5 Å². The highest BCUT2D eigenvalue weighted by Crippen LogP contribution is 1.92. The molecule has 0 aromatic carbocycles. The Bertz CT molecular complexity index is 256. The summed E-state index contributed by atoms with van der Waals surface area (Å²) in [7, 11) is 0. The highest BCUT2D eigenvalue weighted by molar-refractivity contribution is 5.92. The molecular formula is C7H11N3O3. The van der Waals surface area contributed by atoms with Crippen LogP contribution in [0.4, 0.5) is 0 Å². The lowest BCUT2D eigenvalue weighted by Crippen LogP contribution is -2.40. The van der Waals surface area contributed by atoms with Gasteiger partial charge in [0.15, 0.2) is 0 Å². The summed E-state index contributed by atoms with van der Waals surface area (Å²) >= 11 is 0. The number of aliphatic hydroxyl groups excluding tert-OH is 2. The molecule has 4 N–H and O–H groups in total. The van der Waals surface area contributed by atoms with Crippen LogP contribution in [0, 0.1) is 0 Å². The van der Waals surface area contributed by atoms with Crippen molar-refractivity contribution in [2.24, 2.45) is 0 Å². The van der Waals surface area contributed by atoms with Gasteiger partial charge in [-0.1, -0.05) is 0 Å². The summed E-state index contributed by atoms with van der Waals surface area (Å²) in [6, 6.07) is 0.872. The zero-order valence-electron chi connectivity index (χ0n) is 6.90. The molecule has 1 amide bonds. The molecule has 0 radical (unpaired) electrons. The van der Waals surface area contributed by atoms with Crippen molar-refractivity contribution in [3.63, 3.8) is 0 Å². The van der Waals surface area contributed by atoms with Crippen LogP contribution in [0.25, 0.3) is 0 Å². The van der Waals surface area contributed by atoms with Gasteiger partial charge in [0.2, 0.25) is 0 Å². The van der Waals surface area contributed by atoms with Crippen molar-refractivity contribution in [3.05, 3.63) is 18.0 Å². The van der Waals surface area contributed by atoms with E-state index in [-0.39, 0.29) is 13.2 Å². The molecule has 0 bridgehead atoms. The summed E-state index contributed by atoms with van der Waals surface area (Å²) in [5.74, 6) is -0.398. The fraction of sp³-hybridized carbons (Fsp3) is 0.429. The second-order valence-corrected chi connectivity index (χ2v) is 2.51. The van der Waals surface area contributed by atoms with Crippen LogP contribution in [0.5, 0.6) is 0 Å². The van der Waals surface area contributed by atoms with Gasteiger partial charge in [0, 0.05) is 6.20 Å². The number of carbonyl (C=O) groups is 1. The SMILES string of the molecule is O=C(NC(CO)CO)c1ccn[nH]1. The van der Waals surface area contributed by atoms with Crippen molar-refractivity contribution >= 4 is 5.91 Å². The van der Waals surface area contributed by atoms with Crippen LogP contribution < -0.4 is 5.32 Å². The second kappa shape index (κ2) is 4.58. The Balaban J connectivity index is 2.50. The Labute approximate surface area is 74.6 Å². The first-order valence-electron chi connectivity index (χ1n) is 3.80. The van der Waals surface area contributed by atoms with E-state index in [2.05, 4.69) is 15.5 Å². The van der Waals surface area contributed by atoms with Crippen LogP contribution in [0.3, 0.4) is 0 Å². The van der Waals surface area contributed by atoms with Gasteiger partial charge in [-0.3, -0.25) is 9.89 Å². The summed E-state index contributed by atoms with van der Waals surface area (Å²) < 4.78 is 0. The monoisotopic (exact) mass is 185 g/mol. The van der Waals surface area contributed by atoms with Crippen LogP contribution >= 0.6 is 0 Å². The predicted octanol–water partition coefficient (Wildman–Crippen LogP) is -1.51. The number of nitrogens with zero attached hydrogens (tertiary/aromatic N) is 1. The van der Waals surface area contributed by atoms with E-state index < -0.39 is 11.9 Å². The summed E-state index contributed by atoms with van der Waals surface area (Å²) in [5, 5.41) is 25.8.